The van der Waals surface area contributed by atoms with Gasteiger partial charge in [0.25, 0.3) is 0 Å². The molecule has 1 aromatic heterocycles. The fourth-order valence-corrected chi connectivity index (χ4v) is 6.27. The highest BCUT2D eigenvalue weighted by Gasteiger charge is 2.60. The number of benzene rings is 1. The summed E-state index contributed by atoms with van der Waals surface area (Å²) in [7, 11) is 1.44. The quantitative estimate of drug-likeness (QED) is 0.319. The third kappa shape index (κ3) is 8.21. The van der Waals surface area contributed by atoms with Crippen molar-refractivity contribution >= 4 is 34.8 Å². The number of hydrogen-bond donors (Lipinski definition) is 3. The van der Waals surface area contributed by atoms with Crippen molar-refractivity contribution in [1.29, 1.82) is 0 Å². The lowest BCUT2D eigenvalue weighted by molar-refractivity contribution is -0.143. The molecule has 49 heavy (non-hydrogen) atoms. The number of carbonyl (C=O) groups excluding carboxylic acids is 4. The van der Waals surface area contributed by atoms with Crippen LogP contribution >= 0.6 is 0 Å². The molecule has 1 saturated carbocycles. The fraction of sp³-hybridized carbons (Fsp3) is 0.576. The van der Waals surface area contributed by atoms with Crippen LogP contribution in [0.1, 0.15) is 71.4 Å². The number of rotatable bonds is 4. The second kappa shape index (κ2) is 13.8. The second-order valence-electron chi connectivity index (χ2n) is 13.6. The Kier molecular flexibility index (Phi) is 10.1. The molecule has 2 aromatic rings. The van der Waals surface area contributed by atoms with Crippen molar-refractivity contribution in [2.24, 2.45) is 5.92 Å². The van der Waals surface area contributed by atoms with E-state index in [1.54, 1.807) is 20.8 Å². The SMILES string of the molecule is CNC(=O)[C@@]12C[C@H]1/C=C\CCCCC[C@H](NC(=O)OC(C)(C)C)C(=O)N1C[C@H](Oc3nc4cc(F)ccc4nc3C(F)(F)F)C[C@H]1C(=O)N2. The van der Waals surface area contributed by atoms with Crippen molar-refractivity contribution in [1.82, 2.24) is 30.8 Å². The van der Waals surface area contributed by atoms with Crippen molar-refractivity contribution < 1.29 is 46.2 Å². The molecule has 5 rings (SSSR count). The first kappa shape index (κ1) is 35.8. The van der Waals surface area contributed by atoms with E-state index >= 15 is 0 Å². The second-order valence-corrected chi connectivity index (χ2v) is 13.6. The van der Waals surface area contributed by atoms with Crippen LogP contribution in [0, 0.1) is 11.7 Å². The maximum Gasteiger partial charge on any atom is 0.438 e. The van der Waals surface area contributed by atoms with Gasteiger partial charge in [-0.25, -0.2) is 19.2 Å². The molecule has 1 saturated heterocycles. The highest BCUT2D eigenvalue weighted by atomic mass is 19.4. The Morgan fingerprint density at radius 1 is 1.08 bits per heavy atom. The molecule has 2 aliphatic heterocycles. The van der Waals surface area contributed by atoms with Crippen LogP contribution in [0.4, 0.5) is 22.4 Å². The summed E-state index contributed by atoms with van der Waals surface area (Å²) >= 11 is 0. The Morgan fingerprint density at radius 3 is 2.53 bits per heavy atom. The van der Waals surface area contributed by atoms with Crippen LogP contribution in [0.15, 0.2) is 30.4 Å². The molecule has 0 spiro atoms. The minimum atomic E-state index is -5.00. The molecule has 16 heteroatoms. The van der Waals surface area contributed by atoms with E-state index in [9.17, 15) is 36.7 Å². The zero-order valence-corrected chi connectivity index (χ0v) is 27.7. The van der Waals surface area contributed by atoms with E-state index in [1.807, 2.05) is 12.2 Å². The number of likely N-dealkylation sites (N-methyl/N-ethyl adjacent to an activating group) is 1. The number of fused-ring (bicyclic) bond motifs is 3. The number of carbonyl (C=O) groups is 4. The Morgan fingerprint density at radius 2 is 1.84 bits per heavy atom. The molecule has 12 nitrogen and oxygen atoms in total. The number of aromatic nitrogens is 2. The number of nitrogens with one attached hydrogen (secondary N) is 3. The van der Waals surface area contributed by atoms with Gasteiger partial charge in [0.2, 0.25) is 29.3 Å². The summed E-state index contributed by atoms with van der Waals surface area (Å²) in [5.41, 5.74) is -4.00. The zero-order valence-electron chi connectivity index (χ0n) is 27.7. The number of halogens is 4. The average Bonchev–Trinajstić information content (AvgIpc) is 3.53. The van der Waals surface area contributed by atoms with Crippen molar-refractivity contribution in [3.8, 4) is 5.88 Å². The minimum absolute atomic E-state index is 0.188. The van der Waals surface area contributed by atoms with E-state index in [0.29, 0.717) is 25.7 Å². The van der Waals surface area contributed by atoms with Crippen LogP contribution in [-0.2, 0) is 25.3 Å². The van der Waals surface area contributed by atoms with E-state index in [0.717, 1.165) is 29.5 Å². The number of amides is 4. The van der Waals surface area contributed by atoms with Crippen LogP contribution in [0.5, 0.6) is 5.88 Å². The number of allylic oxidation sites excluding steroid dienone is 1. The van der Waals surface area contributed by atoms with E-state index in [-0.39, 0.29) is 36.3 Å². The maximum absolute atomic E-state index is 14.2. The van der Waals surface area contributed by atoms with Gasteiger partial charge < -0.3 is 30.3 Å². The molecule has 3 heterocycles. The first-order valence-corrected chi connectivity index (χ1v) is 16.2. The lowest BCUT2D eigenvalue weighted by Crippen LogP contribution is -2.57. The molecule has 0 bridgehead atoms. The molecule has 5 atom stereocenters. The molecule has 3 N–H and O–H groups in total. The van der Waals surface area contributed by atoms with Gasteiger partial charge in [0, 0.05) is 25.5 Å². The molecule has 0 radical (unpaired) electrons. The topological polar surface area (TPSA) is 152 Å². The van der Waals surface area contributed by atoms with Gasteiger partial charge in [-0.3, -0.25) is 14.4 Å². The molecule has 1 aromatic carbocycles. The first-order chi connectivity index (χ1) is 23.0. The largest absolute Gasteiger partial charge is 0.471 e. The number of ether oxygens (including phenoxy) is 2. The van der Waals surface area contributed by atoms with Crippen LogP contribution < -0.4 is 20.7 Å². The molecule has 4 amide bonds. The molecule has 0 unspecified atom stereocenters. The normalized spacial score (nSPS) is 27.1. The van der Waals surface area contributed by atoms with Gasteiger partial charge in [0.15, 0.2) is 0 Å². The smallest absolute Gasteiger partial charge is 0.438 e. The summed E-state index contributed by atoms with van der Waals surface area (Å²) < 4.78 is 67.4. The van der Waals surface area contributed by atoms with Gasteiger partial charge in [-0.15, -0.1) is 0 Å². The van der Waals surface area contributed by atoms with Gasteiger partial charge in [-0.05, 0) is 58.6 Å². The van der Waals surface area contributed by atoms with E-state index < -0.39 is 76.7 Å². The highest BCUT2D eigenvalue weighted by Crippen LogP contribution is 2.45. The predicted octanol–water partition coefficient (Wildman–Crippen LogP) is 4.17. The molecular formula is C33H40F4N6O6. The van der Waals surface area contributed by atoms with E-state index in [2.05, 4.69) is 25.9 Å². The summed E-state index contributed by atoms with van der Waals surface area (Å²) in [6.07, 6.45) is -0.258. The highest BCUT2D eigenvalue weighted by molar-refractivity contribution is 5.98. The Hall–Kier alpha value is -4.50. The number of nitrogens with zero attached hydrogens (tertiary/aromatic N) is 3. The lowest BCUT2D eigenvalue weighted by atomic mass is 10.0. The van der Waals surface area contributed by atoms with Crippen molar-refractivity contribution in [3.05, 3.63) is 41.9 Å². The van der Waals surface area contributed by atoms with Gasteiger partial charge >= 0.3 is 12.3 Å². The maximum atomic E-state index is 14.2. The molecule has 1 aliphatic carbocycles. The third-order valence-electron chi connectivity index (χ3n) is 8.70. The summed E-state index contributed by atoms with van der Waals surface area (Å²) in [5, 5.41) is 7.98. The number of hydrogen-bond acceptors (Lipinski definition) is 8. The van der Waals surface area contributed by atoms with E-state index in [1.165, 1.54) is 7.05 Å². The van der Waals surface area contributed by atoms with Crippen LogP contribution in [-0.4, -0.2) is 81.6 Å². The zero-order chi connectivity index (χ0) is 35.7. The van der Waals surface area contributed by atoms with Crippen LogP contribution in [0.2, 0.25) is 0 Å². The Bertz CT molecular complexity index is 1650. The molecular weight excluding hydrogens is 652 g/mol. The van der Waals surface area contributed by atoms with Crippen molar-refractivity contribution in [2.45, 2.75) is 101 Å². The fourth-order valence-electron chi connectivity index (χ4n) is 6.27. The van der Waals surface area contributed by atoms with Gasteiger partial charge in [-0.1, -0.05) is 25.0 Å². The summed E-state index contributed by atoms with van der Waals surface area (Å²) in [5.74, 6) is -3.81. The summed E-state index contributed by atoms with van der Waals surface area (Å²) in [6, 6.07) is 0.499. The van der Waals surface area contributed by atoms with Gasteiger partial charge in [0.05, 0.1) is 17.6 Å². The van der Waals surface area contributed by atoms with Gasteiger partial charge in [0.1, 0.15) is 35.1 Å². The lowest BCUT2D eigenvalue weighted by Gasteiger charge is -2.30. The van der Waals surface area contributed by atoms with Crippen molar-refractivity contribution in [3.63, 3.8) is 0 Å². The minimum Gasteiger partial charge on any atom is -0.471 e. The molecule has 3 aliphatic rings. The Balaban J connectivity index is 1.50. The van der Waals surface area contributed by atoms with Crippen molar-refractivity contribution in [2.75, 3.05) is 13.6 Å². The predicted molar refractivity (Wildman–Crippen MR) is 167 cm³/mol. The standard InChI is InChI=1S/C33H40F4N6O6/c1-31(2,3)49-30(47)41-22-11-9-7-5-6-8-10-18-16-32(18,29(46)38-4)42-26(44)24-15-20(17-43(24)28(22)45)48-27-25(33(35,36)37)39-21-13-12-19(34)14-23(21)40-27/h8,10,12-14,18,20,22,24H,5-7,9,11,15-17H2,1-4H3,(H,38,46)(H,41,47)(H,42,44)/b10-8-/t18-,20-,22+,24+,32-/m1/s1. The first-order valence-electron chi connectivity index (χ1n) is 16.2. The summed E-state index contributed by atoms with van der Waals surface area (Å²) in [6.45, 7) is 4.62. The van der Waals surface area contributed by atoms with E-state index in [4.69, 9.17) is 9.47 Å². The average molecular weight is 693 g/mol. The number of alkyl carbamates (subject to hydrolysis) is 1. The number of alkyl halides is 3. The molecule has 2 fully saturated rings. The molecule has 266 valence electrons. The third-order valence-corrected chi connectivity index (χ3v) is 8.70. The summed E-state index contributed by atoms with van der Waals surface area (Å²) in [4.78, 5) is 62.7. The van der Waals surface area contributed by atoms with Crippen LogP contribution in [0.3, 0.4) is 0 Å². The monoisotopic (exact) mass is 692 g/mol. The van der Waals surface area contributed by atoms with Crippen LogP contribution in [0.25, 0.3) is 11.0 Å². The Labute approximate surface area is 280 Å². The van der Waals surface area contributed by atoms with Gasteiger partial charge in [-0.2, -0.15) is 13.2 Å².